The lowest BCUT2D eigenvalue weighted by atomic mass is 10.1. The number of primary amides is 1. The van der Waals surface area contributed by atoms with Crippen molar-refractivity contribution in [3.63, 3.8) is 0 Å². The lowest BCUT2D eigenvalue weighted by Crippen LogP contribution is -2.29. The lowest BCUT2D eigenvalue weighted by molar-refractivity contribution is -0.123. The van der Waals surface area contributed by atoms with E-state index in [0.717, 1.165) is 11.1 Å². The van der Waals surface area contributed by atoms with Gasteiger partial charge in [-0.05, 0) is 12.1 Å². The first-order valence-corrected chi connectivity index (χ1v) is 10.3. The van der Waals surface area contributed by atoms with Crippen LogP contribution in [0.1, 0.15) is 12.0 Å². The van der Waals surface area contributed by atoms with Crippen LogP contribution in [0.5, 0.6) is 0 Å². The highest BCUT2D eigenvalue weighted by Crippen LogP contribution is 2.29. The van der Waals surface area contributed by atoms with Crippen LogP contribution < -0.4 is 10.6 Å². The summed E-state index contributed by atoms with van der Waals surface area (Å²) in [6.45, 7) is 0.00126. The standard InChI is InChI=1S/C22H17F2N7O3/c23-14-4-2-1-3-12(14)11-31-18(16-5-6-34-29-16)8-17(28-31)21-26-9-15(24)22(27-21)30-10-13(20(25)33)7-19(30)32/h1-6,8-9,13H,7,10-11H2,(H2,25,33). The van der Waals surface area contributed by atoms with Gasteiger partial charge in [0, 0.05) is 24.6 Å². The van der Waals surface area contributed by atoms with Crippen LogP contribution in [-0.2, 0) is 16.1 Å². The van der Waals surface area contributed by atoms with Crippen LogP contribution in [0, 0.1) is 17.6 Å². The van der Waals surface area contributed by atoms with Crippen molar-refractivity contribution in [2.75, 3.05) is 11.4 Å². The van der Waals surface area contributed by atoms with Gasteiger partial charge < -0.3 is 10.3 Å². The molecule has 0 spiro atoms. The maximum Gasteiger partial charge on any atom is 0.229 e. The molecule has 0 radical (unpaired) electrons. The Labute approximate surface area is 191 Å². The Bertz CT molecular complexity index is 1390. The number of hydrogen-bond donors (Lipinski definition) is 1. The summed E-state index contributed by atoms with van der Waals surface area (Å²) in [5.41, 5.74) is 6.87. The fourth-order valence-corrected chi connectivity index (χ4v) is 3.76. The summed E-state index contributed by atoms with van der Waals surface area (Å²) in [6, 6.07) is 9.49. The van der Waals surface area contributed by atoms with Gasteiger partial charge >= 0.3 is 0 Å². The summed E-state index contributed by atoms with van der Waals surface area (Å²) in [5, 5.41) is 8.40. The molecule has 5 rings (SSSR count). The first kappa shape index (κ1) is 21.4. The number of halogens is 2. The van der Waals surface area contributed by atoms with Gasteiger partial charge in [0.05, 0.1) is 24.4 Å². The largest absolute Gasteiger partial charge is 0.369 e. The van der Waals surface area contributed by atoms with Crippen LogP contribution >= 0.6 is 0 Å². The molecule has 34 heavy (non-hydrogen) atoms. The van der Waals surface area contributed by atoms with E-state index in [1.54, 1.807) is 30.3 Å². The summed E-state index contributed by atoms with van der Waals surface area (Å²) >= 11 is 0. The number of anilines is 1. The first-order chi connectivity index (χ1) is 16.4. The van der Waals surface area contributed by atoms with E-state index in [-0.39, 0.29) is 36.8 Å². The van der Waals surface area contributed by atoms with Crippen molar-refractivity contribution in [3.8, 4) is 22.9 Å². The Hall–Kier alpha value is -4.48. The van der Waals surface area contributed by atoms with Gasteiger partial charge in [-0.3, -0.25) is 19.2 Å². The number of nitrogens with zero attached hydrogens (tertiary/aromatic N) is 6. The van der Waals surface area contributed by atoms with E-state index in [9.17, 15) is 18.4 Å². The van der Waals surface area contributed by atoms with Crippen molar-refractivity contribution in [2.24, 2.45) is 11.7 Å². The second-order valence-corrected chi connectivity index (χ2v) is 7.72. The third-order valence-corrected chi connectivity index (χ3v) is 5.50. The highest BCUT2D eigenvalue weighted by atomic mass is 19.1. The minimum Gasteiger partial charge on any atom is -0.369 e. The molecule has 12 heteroatoms. The number of rotatable bonds is 6. The van der Waals surface area contributed by atoms with Crippen molar-refractivity contribution in [2.45, 2.75) is 13.0 Å². The van der Waals surface area contributed by atoms with E-state index in [1.807, 2.05) is 0 Å². The van der Waals surface area contributed by atoms with E-state index >= 15 is 0 Å². The van der Waals surface area contributed by atoms with Crippen molar-refractivity contribution < 1.29 is 22.9 Å². The molecule has 1 fully saturated rings. The SMILES string of the molecule is NC(=O)C1CC(=O)N(c2nc(-c3cc(-c4ccon4)n(Cc4ccccc4F)n3)ncc2F)C1. The minimum absolute atomic E-state index is 0.0313. The number of amides is 2. The Kier molecular flexibility index (Phi) is 5.32. The maximum atomic E-state index is 14.6. The highest BCUT2D eigenvalue weighted by molar-refractivity contribution is 5.99. The molecular weight excluding hydrogens is 448 g/mol. The molecule has 4 heterocycles. The molecule has 1 aromatic carbocycles. The van der Waals surface area contributed by atoms with Crippen LogP contribution in [0.25, 0.3) is 22.9 Å². The predicted octanol–water partition coefficient (Wildman–Crippen LogP) is 2.16. The Morgan fingerprint density at radius 3 is 2.71 bits per heavy atom. The number of benzene rings is 1. The fourth-order valence-electron chi connectivity index (χ4n) is 3.76. The molecule has 0 aliphatic carbocycles. The Morgan fingerprint density at radius 1 is 1.18 bits per heavy atom. The van der Waals surface area contributed by atoms with Crippen molar-refractivity contribution >= 4 is 17.6 Å². The third-order valence-electron chi connectivity index (χ3n) is 5.50. The van der Waals surface area contributed by atoms with Gasteiger partial charge in [-0.1, -0.05) is 23.4 Å². The summed E-state index contributed by atoms with van der Waals surface area (Å²) < 4.78 is 35.2. The predicted molar refractivity (Wildman–Crippen MR) is 114 cm³/mol. The average molecular weight is 465 g/mol. The number of aromatic nitrogens is 5. The van der Waals surface area contributed by atoms with Crippen molar-refractivity contribution in [3.05, 3.63) is 66.1 Å². The average Bonchev–Trinajstić information content (AvgIpc) is 3.56. The van der Waals surface area contributed by atoms with Gasteiger partial charge in [0.25, 0.3) is 0 Å². The zero-order valence-corrected chi connectivity index (χ0v) is 17.6. The summed E-state index contributed by atoms with van der Waals surface area (Å²) in [5.74, 6) is -3.32. The summed E-state index contributed by atoms with van der Waals surface area (Å²) in [7, 11) is 0. The number of carbonyl (C=O) groups excluding carboxylic acids is 2. The summed E-state index contributed by atoms with van der Waals surface area (Å²) in [4.78, 5) is 33.1. The van der Waals surface area contributed by atoms with E-state index < -0.39 is 29.4 Å². The van der Waals surface area contributed by atoms with E-state index in [1.165, 1.54) is 17.0 Å². The van der Waals surface area contributed by atoms with Crippen LogP contribution in [0.15, 0.2) is 53.4 Å². The third kappa shape index (κ3) is 3.89. The van der Waals surface area contributed by atoms with E-state index in [4.69, 9.17) is 10.3 Å². The quantitative estimate of drug-likeness (QED) is 0.461. The van der Waals surface area contributed by atoms with E-state index in [0.29, 0.717) is 17.0 Å². The lowest BCUT2D eigenvalue weighted by Gasteiger charge is -2.16. The molecular formula is C22H17F2N7O3. The van der Waals surface area contributed by atoms with Gasteiger partial charge in [-0.2, -0.15) is 5.10 Å². The van der Waals surface area contributed by atoms with Crippen LogP contribution in [-0.4, -0.2) is 43.3 Å². The smallest absolute Gasteiger partial charge is 0.229 e. The molecule has 1 unspecified atom stereocenters. The Balaban J connectivity index is 1.54. The van der Waals surface area contributed by atoms with Gasteiger partial charge in [0.1, 0.15) is 23.5 Å². The van der Waals surface area contributed by atoms with Crippen LogP contribution in [0.2, 0.25) is 0 Å². The fraction of sp³-hybridized carbons (Fsp3) is 0.182. The van der Waals surface area contributed by atoms with E-state index in [2.05, 4.69) is 20.2 Å². The molecule has 1 aliphatic heterocycles. The van der Waals surface area contributed by atoms with Gasteiger partial charge in [-0.25, -0.2) is 18.7 Å². The molecule has 2 N–H and O–H groups in total. The Morgan fingerprint density at radius 2 is 2.00 bits per heavy atom. The molecule has 1 atom stereocenters. The molecule has 10 nitrogen and oxygen atoms in total. The maximum absolute atomic E-state index is 14.6. The topological polar surface area (TPSA) is 133 Å². The van der Waals surface area contributed by atoms with Crippen LogP contribution in [0.3, 0.4) is 0 Å². The molecule has 1 saturated heterocycles. The van der Waals surface area contributed by atoms with Gasteiger partial charge in [0.2, 0.25) is 11.8 Å². The number of hydrogen-bond acceptors (Lipinski definition) is 7. The normalized spacial score (nSPS) is 15.8. The monoisotopic (exact) mass is 465 g/mol. The number of carbonyl (C=O) groups is 2. The first-order valence-electron chi connectivity index (χ1n) is 10.3. The molecule has 172 valence electrons. The van der Waals surface area contributed by atoms with Crippen molar-refractivity contribution in [1.82, 2.24) is 24.9 Å². The molecule has 0 bridgehead atoms. The summed E-state index contributed by atoms with van der Waals surface area (Å²) in [6.07, 6.45) is 2.19. The zero-order valence-electron chi connectivity index (χ0n) is 17.6. The molecule has 2 amide bonds. The number of nitrogens with two attached hydrogens (primary N) is 1. The molecule has 3 aromatic heterocycles. The second-order valence-electron chi connectivity index (χ2n) is 7.72. The second kappa shape index (κ2) is 8.46. The molecule has 0 saturated carbocycles. The van der Waals surface area contributed by atoms with Gasteiger partial charge in [0.15, 0.2) is 17.5 Å². The zero-order chi connectivity index (χ0) is 23.8. The minimum atomic E-state index is -0.829. The van der Waals surface area contributed by atoms with Gasteiger partial charge in [-0.15, -0.1) is 0 Å². The molecule has 1 aliphatic rings. The van der Waals surface area contributed by atoms with Crippen molar-refractivity contribution in [1.29, 1.82) is 0 Å². The van der Waals surface area contributed by atoms with Crippen LogP contribution in [0.4, 0.5) is 14.6 Å². The molecule has 4 aromatic rings. The highest BCUT2D eigenvalue weighted by Gasteiger charge is 2.36.